The van der Waals surface area contributed by atoms with E-state index in [2.05, 4.69) is 37.3 Å². The van der Waals surface area contributed by atoms with Crippen LogP contribution in [-0.2, 0) is 6.42 Å². The number of nitrogens with one attached hydrogen (secondary N) is 1. The summed E-state index contributed by atoms with van der Waals surface area (Å²) in [5.41, 5.74) is 2.55. The van der Waals surface area contributed by atoms with Crippen molar-refractivity contribution in [2.75, 3.05) is 7.05 Å². The molecule has 1 atom stereocenters. The van der Waals surface area contributed by atoms with Crippen LogP contribution in [-0.4, -0.2) is 18.1 Å². The Balaban J connectivity index is 2.38. The van der Waals surface area contributed by atoms with E-state index in [1.807, 2.05) is 12.3 Å². The van der Waals surface area contributed by atoms with Crippen molar-refractivity contribution in [1.82, 2.24) is 10.3 Å². The quantitative estimate of drug-likeness (QED) is 0.696. The molecule has 1 rings (SSSR count). The van der Waals surface area contributed by atoms with E-state index in [4.69, 9.17) is 0 Å². The second kappa shape index (κ2) is 8.24. The standard InChI is InChI=1S/C15H26N2/c1-4-5-6-7-10-14(16-3)12-15-13(2)9-8-11-17-15/h8-9,11,14,16H,4-7,10,12H2,1-3H3. The van der Waals surface area contributed by atoms with E-state index >= 15 is 0 Å². The summed E-state index contributed by atoms with van der Waals surface area (Å²) in [5, 5.41) is 3.41. The molecule has 0 saturated carbocycles. The maximum Gasteiger partial charge on any atom is 0.0448 e. The first kappa shape index (κ1) is 14.2. The molecule has 2 heteroatoms. The van der Waals surface area contributed by atoms with Crippen LogP contribution >= 0.6 is 0 Å². The Kier molecular flexibility index (Phi) is 6.87. The number of pyridine rings is 1. The van der Waals surface area contributed by atoms with Crippen molar-refractivity contribution < 1.29 is 0 Å². The minimum absolute atomic E-state index is 0.570. The second-order valence-corrected chi connectivity index (χ2v) is 4.81. The van der Waals surface area contributed by atoms with Crippen molar-refractivity contribution in [3.05, 3.63) is 29.6 Å². The smallest absolute Gasteiger partial charge is 0.0448 e. The average molecular weight is 234 g/mol. The van der Waals surface area contributed by atoms with Gasteiger partial charge in [-0.15, -0.1) is 0 Å². The summed E-state index contributed by atoms with van der Waals surface area (Å²) in [4.78, 5) is 4.47. The Labute approximate surface area is 106 Å². The number of likely N-dealkylation sites (N-methyl/N-ethyl adjacent to an activating group) is 1. The van der Waals surface area contributed by atoms with Crippen LogP contribution < -0.4 is 5.32 Å². The molecule has 1 unspecified atom stereocenters. The van der Waals surface area contributed by atoms with E-state index in [1.165, 1.54) is 43.4 Å². The third-order valence-electron chi connectivity index (χ3n) is 3.37. The van der Waals surface area contributed by atoms with Crippen LogP contribution in [0.2, 0.25) is 0 Å². The van der Waals surface area contributed by atoms with Crippen molar-refractivity contribution in [3.63, 3.8) is 0 Å². The first-order valence-electron chi connectivity index (χ1n) is 6.85. The lowest BCUT2D eigenvalue weighted by Crippen LogP contribution is -2.28. The number of aryl methyl sites for hydroxylation is 1. The molecule has 0 saturated heterocycles. The molecule has 0 radical (unpaired) electrons. The van der Waals surface area contributed by atoms with Gasteiger partial charge in [-0.25, -0.2) is 0 Å². The van der Waals surface area contributed by atoms with Gasteiger partial charge >= 0.3 is 0 Å². The van der Waals surface area contributed by atoms with Gasteiger partial charge < -0.3 is 5.32 Å². The van der Waals surface area contributed by atoms with Gasteiger partial charge in [0.15, 0.2) is 0 Å². The van der Waals surface area contributed by atoms with Gasteiger partial charge in [-0.3, -0.25) is 4.98 Å². The van der Waals surface area contributed by atoms with Gasteiger partial charge in [-0.2, -0.15) is 0 Å². The lowest BCUT2D eigenvalue weighted by molar-refractivity contribution is 0.480. The molecule has 0 aliphatic carbocycles. The molecule has 0 bridgehead atoms. The van der Waals surface area contributed by atoms with Crippen LogP contribution in [0.1, 0.15) is 50.3 Å². The van der Waals surface area contributed by atoms with Gasteiger partial charge in [0, 0.05) is 24.4 Å². The highest BCUT2D eigenvalue weighted by molar-refractivity contribution is 5.18. The minimum atomic E-state index is 0.570. The Morgan fingerprint density at radius 2 is 2.12 bits per heavy atom. The van der Waals surface area contributed by atoms with Crippen molar-refractivity contribution >= 4 is 0 Å². The fourth-order valence-electron chi connectivity index (χ4n) is 2.13. The Bertz CT molecular complexity index is 310. The van der Waals surface area contributed by atoms with E-state index in [1.54, 1.807) is 0 Å². The van der Waals surface area contributed by atoms with E-state index in [-0.39, 0.29) is 0 Å². The van der Waals surface area contributed by atoms with Crippen LogP contribution in [0.4, 0.5) is 0 Å². The van der Waals surface area contributed by atoms with Crippen molar-refractivity contribution in [1.29, 1.82) is 0 Å². The minimum Gasteiger partial charge on any atom is -0.317 e. The molecule has 2 nitrogen and oxygen atoms in total. The van der Waals surface area contributed by atoms with E-state index in [0.717, 1.165) is 6.42 Å². The van der Waals surface area contributed by atoms with Gasteiger partial charge in [0.05, 0.1) is 0 Å². The van der Waals surface area contributed by atoms with Crippen LogP contribution in [0.25, 0.3) is 0 Å². The van der Waals surface area contributed by atoms with Gasteiger partial charge in [-0.1, -0.05) is 38.7 Å². The molecule has 0 aliphatic heterocycles. The summed E-state index contributed by atoms with van der Waals surface area (Å²) in [7, 11) is 2.06. The summed E-state index contributed by atoms with van der Waals surface area (Å²) in [6.45, 7) is 4.40. The van der Waals surface area contributed by atoms with E-state index in [0.29, 0.717) is 6.04 Å². The monoisotopic (exact) mass is 234 g/mol. The predicted octanol–water partition coefficient (Wildman–Crippen LogP) is 3.49. The maximum atomic E-state index is 4.47. The Morgan fingerprint density at radius 1 is 1.29 bits per heavy atom. The number of hydrogen-bond donors (Lipinski definition) is 1. The second-order valence-electron chi connectivity index (χ2n) is 4.81. The normalized spacial score (nSPS) is 12.6. The molecule has 96 valence electrons. The largest absolute Gasteiger partial charge is 0.317 e. The number of unbranched alkanes of at least 4 members (excludes halogenated alkanes) is 3. The zero-order valence-electron chi connectivity index (χ0n) is 11.5. The van der Waals surface area contributed by atoms with Crippen LogP contribution in [0, 0.1) is 6.92 Å². The zero-order valence-corrected chi connectivity index (χ0v) is 11.5. The number of hydrogen-bond acceptors (Lipinski definition) is 2. The number of rotatable bonds is 8. The predicted molar refractivity (Wildman–Crippen MR) is 74.3 cm³/mol. The highest BCUT2D eigenvalue weighted by atomic mass is 14.9. The highest BCUT2D eigenvalue weighted by Crippen LogP contribution is 2.11. The van der Waals surface area contributed by atoms with Gasteiger partial charge in [-0.05, 0) is 32.0 Å². The average Bonchev–Trinajstić information content (AvgIpc) is 2.35. The molecule has 0 aliphatic rings. The van der Waals surface area contributed by atoms with Crippen LogP contribution in [0.15, 0.2) is 18.3 Å². The maximum absolute atomic E-state index is 4.47. The fraction of sp³-hybridized carbons (Fsp3) is 0.667. The Hall–Kier alpha value is -0.890. The lowest BCUT2D eigenvalue weighted by atomic mass is 10.0. The fourth-order valence-corrected chi connectivity index (χ4v) is 2.13. The summed E-state index contributed by atoms with van der Waals surface area (Å²) in [6.07, 6.45) is 9.55. The molecule has 0 spiro atoms. The molecule has 17 heavy (non-hydrogen) atoms. The first-order chi connectivity index (χ1) is 8.27. The van der Waals surface area contributed by atoms with Crippen molar-refractivity contribution in [2.24, 2.45) is 0 Å². The summed E-state index contributed by atoms with van der Waals surface area (Å²) in [6, 6.07) is 4.72. The van der Waals surface area contributed by atoms with Crippen LogP contribution in [0.5, 0.6) is 0 Å². The summed E-state index contributed by atoms with van der Waals surface area (Å²) in [5.74, 6) is 0. The Morgan fingerprint density at radius 3 is 2.76 bits per heavy atom. The molecule has 1 heterocycles. The zero-order chi connectivity index (χ0) is 12.5. The molecule has 0 fully saturated rings. The molecule has 0 aromatic carbocycles. The number of nitrogens with zero attached hydrogens (tertiary/aromatic N) is 1. The molecular weight excluding hydrogens is 208 g/mol. The summed E-state index contributed by atoms with van der Waals surface area (Å²) >= 11 is 0. The van der Waals surface area contributed by atoms with Gasteiger partial charge in [0.2, 0.25) is 0 Å². The van der Waals surface area contributed by atoms with Gasteiger partial charge in [0.25, 0.3) is 0 Å². The number of aromatic nitrogens is 1. The van der Waals surface area contributed by atoms with E-state index < -0.39 is 0 Å². The van der Waals surface area contributed by atoms with Gasteiger partial charge in [0.1, 0.15) is 0 Å². The first-order valence-corrected chi connectivity index (χ1v) is 6.85. The molecule has 1 aromatic heterocycles. The topological polar surface area (TPSA) is 24.9 Å². The van der Waals surface area contributed by atoms with Crippen molar-refractivity contribution in [3.8, 4) is 0 Å². The molecule has 0 amide bonds. The molecular formula is C15H26N2. The molecule has 1 N–H and O–H groups in total. The third kappa shape index (κ3) is 5.31. The van der Waals surface area contributed by atoms with Crippen LogP contribution in [0.3, 0.4) is 0 Å². The highest BCUT2D eigenvalue weighted by Gasteiger charge is 2.09. The van der Waals surface area contributed by atoms with Crippen molar-refractivity contribution in [2.45, 2.75) is 58.4 Å². The lowest BCUT2D eigenvalue weighted by Gasteiger charge is -2.16. The third-order valence-corrected chi connectivity index (χ3v) is 3.37. The molecule has 1 aromatic rings. The van der Waals surface area contributed by atoms with E-state index in [9.17, 15) is 0 Å². The summed E-state index contributed by atoms with van der Waals surface area (Å²) < 4.78 is 0. The SMILES string of the molecule is CCCCCCC(Cc1ncccc1C)NC.